The van der Waals surface area contributed by atoms with E-state index in [2.05, 4.69) is 22.8 Å². The van der Waals surface area contributed by atoms with Gasteiger partial charge in [0.05, 0.1) is 0 Å². The van der Waals surface area contributed by atoms with Crippen LogP contribution < -0.4 is 10.9 Å². The average molecular weight is 248 g/mol. The highest BCUT2D eigenvalue weighted by Gasteiger charge is 1.95. The zero-order valence-corrected chi connectivity index (χ0v) is 10.5. The molecule has 0 aliphatic carbocycles. The molecule has 0 saturated carbocycles. The Hall–Kier alpha value is -1.39. The Morgan fingerprint density at radius 1 is 1.18 bits per heavy atom. The molecule has 4 heteroatoms. The minimum absolute atomic E-state index is 0.0626. The van der Waals surface area contributed by atoms with E-state index in [0.717, 1.165) is 26.1 Å². The van der Waals surface area contributed by atoms with Gasteiger partial charge in [0.2, 0.25) is 0 Å². The third-order valence-electron chi connectivity index (χ3n) is 2.56. The zero-order valence-electron chi connectivity index (χ0n) is 9.63. The lowest BCUT2D eigenvalue weighted by Crippen LogP contribution is -2.27. The molecule has 0 amide bonds. The van der Waals surface area contributed by atoms with Gasteiger partial charge in [-0.3, -0.25) is 4.79 Å². The van der Waals surface area contributed by atoms with E-state index < -0.39 is 0 Å². The molecule has 0 radical (unpaired) electrons. The van der Waals surface area contributed by atoms with Crippen molar-refractivity contribution in [1.29, 1.82) is 0 Å². The topological polar surface area (TPSA) is 34.0 Å². The molecule has 0 atom stereocenters. The van der Waals surface area contributed by atoms with Crippen LogP contribution in [0.15, 0.2) is 46.7 Å². The zero-order chi connectivity index (χ0) is 11.9. The van der Waals surface area contributed by atoms with Gasteiger partial charge in [-0.15, -0.1) is 11.3 Å². The van der Waals surface area contributed by atoms with Gasteiger partial charge in [0, 0.05) is 36.8 Å². The van der Waals surface area contributed by atoms with Gasteiger partial charge in [-0.25, -0.2) is 0 Å². The largest absolute Gasteiger partial charge is 0.315 e. The van der Waals surface area contributed by atoms with Crippen LogP contribution in [0.2, 0.25) is 0 Å². The molecule has 0 aliphatic heterocycles. The molecule has 0 saturated heterocycles. The van der Waals surface area contributed by atoms with Crippen LogP contribution in [-0.4, -0.2) is 17.7 Å². The van der Waals surface area contributed by atoms with E-state index in [9.17, 15) is 4.79 Å². The summed E-state index contributed by atoms with van der Waals surface area (Å²) in [5.41, 5.74) is 0.0626. The summed E-state index contributed by atoms with van der Waals surface area (Å²) in [4.78, 5) is 12.8. The molecule has 1 N–H and O–H groups in total. The fourth-order valence-corrected chi connectivity index (χ4v) is 2.35. The van der Waals surface area contributed by atoms with Gasteiger partial charge < -0.3 is 9.88 Å². The highest BCUT2D eigenvalue weighted by atomic mass is 32.1. The van der Waals surface area contributed by atoms with Crippen molar-refractivity contribution in [3.8, 4) is 0 Å². The summed E-state index contributed by atoms with van der Waals surface area (Å²) in [6.45, 7) is 2.52. The molecule has 3 nitrogen and oxygen atoms in total. The fraction of sp³-hybridized carbons (Fsp3) is 0.308. The third kappa shape index (κ3) is 3.84. The van der Waals surface area contributed by atoms with Gasteiger partial charge in [-0.05, 0) is 23.9 Å². The maximum absolute atomic E-state index is 11.4. The first-order valence-corrected chi connectivity index (χ1v) is 6.63. The molecule has 90 valence electrons. The first kappa shape index (κ1) is 12.1. The second-order valence-corrected chi connectivity index (χ2v) is 4.84. The van der Waals surface area contributed by atoms with Crippen molar-refractivity contribution in [2.75, 3.05) is 13.1 Å². The second-order valence-electron chi connectivity index (χ2n) is 3.81. The van der Waals surface area contributed by atoms with E-state index in [1.165, 1.54) is 4.88 Å². The van der Waals surface area contributed by atoms with Crippen LogP contribution >= 0.6 is 11.3 Å². The fourth-order valence-electron chi connectivity index (χ4n) is 1.64. The Kier molecular flexibility index (Phi) is 4.53. The number of nitrogens with zero attached hydrogens (tertiary/aromatic N) is 1. The second kappa shape index (κ2) is 6.37. The van der Waals surface area contributed by atoms with Crippen molar-refractivity contribution < 1.29 is 0 Å². The van der Waals surface area contributed by atoms with Gasteiger partial charge in [-0.2, -0.15) is 0 Å². The number of hydrogen-bond acceptors (Lipinski definition) is 3. The van der Waals surface area contributed by atoms with Crippen LogP contribution in [0.1, 0.15) is 4.88 Å². The molecule has 0 bridgehead atoms. The van der Waals surface area contributed by atoms with Crippen LogP contribution in [0.25, 0.3) is 0 Å². The summed E-state index contributed by atoms with van der Waals surface area (Å²) in [6.07, 6.45) is 2.88. The Morgan fingerprint density at radius 3 is 2.88 bits per heavy atom. The SMILES string of the molecule is O=c1ccccn1CCNCCc1cccs1. The standard InChI is InChI=1S/C13H16N2OS/c16-13-5-1-2-9-15(13)10-8-14-7-6-12-4-3-11-17-12/h1-5,9,11,14H,6-8,10H2. The van der Waals surface area contributed by atoms with E-state index in [4.69, 9.17) is 0 Å². The van der Waals surface area contributed by atoms with E-state index in [1.54, 1.807) is 28.0 Å². The molecule has 17 heavy (non-hydrogen) atoms. The molecule has 2 heterocycles. The maximum Gasteiger partial charge on any atom is 0.250 e. The average Bonchev–Trinajstić information content (AvgIpc) is 2.84. The Labute approximate surface area is 105 Å². The van der Waals surface area contributed by atoms with Gasteiger partial charge >= 0.3 is 0 Å². The molecule has 2 aromatic rings. The molecule has 0 unspecified atom stereocenters. The number of thiophene rings is 1. The predicted octanol–water partition coefficient (Wildman–Crippen LogP) is 1.74. The van der Waals surface area contributed by atoms with Crippen LogP contribution in [0, 0.1) is 0 Å². The molecule has 2 aromatic heterocycles. The van der Waals surface area contributed by atoms with Crippen molar-refractivity contribution in [3.63, 3.8) is 0 Å². The summed E-state index contributed by atoms with van der Waals surface area (Å²) in [6, 6.07) is 9.46. The van der Waals surface area contributed by atoms with Crippen molar-refractivity contribution >= 4 is 11.3 Å². The smallest absolute Gasteiger partial charge is 0.250 e. The normalized spacial score (nSPS) is 10.6. The van der Waals surface area contributed by atoms with Crippen molar-refractivity contribution in [2.24, 2.45) is 0 Å². The summed E-state index contributed by atoms with van der Waals surface area (Å²) in [5.74, 6) is 0. The summed E-state index contributed by atoms with van der Waals surface area (Å²) >= 11 is 1.78. The lowest BCUT2D eigenvalue weighted by atomic mass is 10.3. The highest BCUT2D eigenvalue weighted by Crippen LogP contribution is 2.07. The van der Waals surface area contributed by atoms with Crippen LogP contribution in [-0.2, 0) is 13.0 Å². The van der Waals surface area contributed by atoms with Gasteiger partial charge in [0.25, 0.3) is 5.56 Å². The molecule has 0 aliphatic rings. The summed E-state index contributed by atoms with van der Waals surface area (Å²) in [7, 11) is 0. The number of aromatic nitrogens is 1. The van der Waals surface area contributed by atoms with Gasteiger partial charge in [0.15, 0.2) is 0 Å². The summed E-state index contributed by atoms with van der Waals surface area (Å²) in [5, 5.41) is 5.44. The first-order valence-electron chi connectivity index (χ1n) is 5.75. The van der Waals surface area contributed by atoms with Crippen LogP contribution in [0.5, 0.6) is 0 Å². The minimum Gasteiger partial charge on any atom is -0.315 e. The van der Waals surface area contributed by atoms with Crippen molar-refractivity contribution in [3.05, 3.63) is 57.1 Å². The van der Waals surface area contributed by atoms with Crippen LogP contribution in [0.4, 0.5) is 0 Å². The Balaban J connectivity index is 1.67. The lowest BCUT2D eigenvalue weighted by molar-refractivity contribution is 0.587. The van der Waals surface area contributed by atoms with Gasteiger partial charge in [-0.1, -0.05) is 12.1 Å². The summed E-state index contributed by atoms with van der Waals surface area (Å²) < 4.78 is 1.72. The molecule has 0 aromatic carbocycles. The molecule has 0 spiro atoms. The molecule has 2 rings (SSSR count). The first-order chi connectivity index (χ1) is 8.36. The number of hydrogen-bond donors (Lipinski definition) is 1. The van der Waals surface area contributed by atoms with E-state index >= 15 is 0 Å². The maximum atomic E-state index is 11.4. The Morgan fingerprint density at radius 2 is 2.12 bits per heavy atom. The highest BCUT2D eigenvalue weighted by molar-refractivity contribution is 7.09. The number of pyridine rings is 1. The molecular formula is C13H16N2OS. The van der Waals surface area contributed by atoms with Gasteiger partial charge in [0.1, 0.15) is 0 Å². The predicted molar refractivity (Wildman–Crippen MR) is 71.6 cm³/mol. The quantitative estimate of drug-likeness (QED) is 0.790. The molecular weight excluding hydrogens is 232 g/mol. The van der Waals surface area contributed by atoms with E-state index in [1.807, 2.05) is 12.3 Å². The minimum atomic E-state index is 0.0626. The Bertz CT molecular complexity index is 490. The van der Waals surface area contributed by atoms with Crippen LogP contribution in [0.3, 0.4) is 0 Å². The van der Waals surface area contributed by atoms with E-state index in [-0.39, 0.29) is 5.56 Å². The van der Waals surface area contributed by atoms with E-state index in [0.29, 0.717) is 0 Å². The number of rotatable bonds is 6. The van der Waals surface area contributed by atoms with Crippen molar-refractivity contribution in [1.82, 2.24) is 9.88 Å². The third-order valence-corrected chi connectivity index (χ3v) is 3.49. The monoisotopic (exact) mass is 248 g/mol. The molecule has 0 fully saturated rings. The number of nitrogens with one attached hydrogen (secondary N) is 1. The van der Waals surface area contributed by atoms with Crippen molar-refractivity contribution in [2.45, 2.75) is 13.0 Å². The lowest BCUT2D eigenvalue weighted by Gasteiger charge is -2.06.